The highest BCUT2D eigenvalue weighted by Crippen LogP contribution is 2.33. The van der Waals surface area contributed by atoms with E-state index in [-0.39, 0.29) is 30.7 Å². The van der Waals surface area contributed by atoms with Crippen molar-refractivity contribution in [3.8, 4) is 11.5 Å². The van der Waals surface area contributed by atoms with E-state index in [4.69, 9.17) is 21.1 Å². The van der Waals surface area contributed by atoms with Crippen molar-refractivity contribution < 1.29 is 13.4 Å². The van der Waals surface area contributed by atoms with Gasteiger partial charge in [-0.05, 0) is 41.8 Å². The first-order chi connectivity index (χ1) is 13.5. The Kier molecular flexibility index (Phi) is 9.06. The second-order valence-electron chi connectivity index (χ2n) is 6.90. The van der Waals surface area contributed by atoms with Gasteiger partial charge in [0, 0.05) is 11.3 Å². The number of nitrogens with zero attached hydrogens (tertiary/aromatic N) is 1. The van der Waals surface area contributed by atoms with Crippen molar-refractivity contribution in [3.63, 3.8) is 0 Å². The minimum Gasteiger partial charge on any atom is -0.494 e. The van der Waals surface area contributed by atoms with Gasteiger partial charge in [-0.1, -0.05) is 43.3 Å². The molecule has 4 nitrogen and oxygen atoms in total. The van der Waals surface area contributed by atoms with Gasteiger partial charge in [-0.15, -0.1) is 11.6 Å². The molecular formula is C21H25ClFNO3S. The van der Waals surface area contributed by atoms with Crippen LogP contribution in [0.3, 0.4) is 0 Å². The predicted octanol–water partition coefficient (Wildman–Crippen LogP) is 6.15. The van der Waals surface area contributed by atoms with Crippen molar-refractivity contribution in [1.82, 2.24) is 0 Å². The van der Waals surface area contributed by atoms with E-state index in [0.29, 0.717) is 18.2 Å². The second kappa shape index (κ2) is 11.3. The van der Waals surface area contributed by atoms with Crippen LogP contribution < -0.4 is 9.47 Å². The zero-order chi connectivity index (χ0) is 20.4. The third-order valence-electron chi connectivity index (χ3n) is 4.54. The molecule has 152 valence electrons. The average molecular weight is 426 g/mol. The molecule has 0 bridgehead atoms. The number of alkyl halides is 1. The number of nitroso groups, excluding NO2 is 1. The van der Waals surface area contributed by atoms with E-state index >= 15 is 0 Å². The summed E-state index contributed by atoms with van der Waals surface area (Å²) in [6.07, 6.45) is 0.819. The van der Waals surface area contributed by atoms with Crippen LogP contribution in [-0.4, -0.2) is 30.9 Å². The Morgan fingerprint density at radius 3 is 2.04 bits per heavy atom. The standard InChI is InChI=1S/C21H25ClFNO3S/c1-21(2,16-4-8-18(9-5-16)26-13-3-12-22)17-6-10-19(11-7-17)27-15-20(28-23)14-24-25/h4-11,20H,3,12-15H2,1-2H3. The van der Waals surface area contributed by atoms with Gasteiger partial charge in [0.2, 0.25) is 0 Å². The third kappa shape index (κ3) is 6.38. The first kappa shape index (κ1) is 22.5. The highest BCUT2D eigenvalue weighted by Gasteiger charge is 2.23. The average Bonchev–Trinajstić information content (AvgIpc) is 2.72. The lowest BCUT2D eigenvalue weighted by Crippen LogP contribution is -2.19. The summed E-state index contributed by atoms with van der Waals surface area (Å²) < 4.78 is 23.9. The molecule has 1 unspecified atom stereocenters. The van der Waals surface area contributed by atoms with Crippen LogP contribution in [0.1, 0.15) is 31.4 Å². The first-order valence-corrected chi connectivity index (χ1v) is 10.4. The predicted molar refractivity (Wildman–Crippen MR) is 114 cm³/mol. The first-order valence-electron chi connectivity index (χ1n) is 9.10. The van der Waals surface area contributed by atoms with Crippen molar-refractivity contribution >= 4 is 23.7 Å². The van der Waals surface area contributed by atoms with Gasteiger partial charge >= 0.3 is 0 Å². The molecular weight excluding hydrogens is 401 g/mol. The van der Waals surface area contributed by atoms with E-state index in [0.717, 1.165) is 23.3 Å². The SMILES string of the molecule is CC(C)(c1ccc(OCCCCl)cc1)c1ccc(OCC(CN=O)SF)cc1. The van der Waals surface area contributed by atoms with Gasteiger partial charge in [-0.3, -0.25) is 0 Å². The van der Waals surface area contributed by atoms with Crippen LogP contribution in [-0.2, 0) is 5.41 Å². The zero-order valence-electron chi connectivity index (χ0n) is 16.1. The van der Waals surface area contributed by atoms with Crippen LogP contribution in [0.4, 0.5) is 3.89 Å². The molecule has 0 amide bonds. The van der Waals surface area contributed by atoms with Gasteiger partial charge in [0.1, 0.15) is 18.1 Å². The van der Waals surface area contributed by atoms with Crippen LogP contribution in [0.15, 0.2) is 53.7 Å². The van der Waals surface area contributed by atoms with E-state index in [2.05, 4.69) is 31.2 Å². The van der Waals surface area contributed by atoms with Crippen molar-refractivity contribution in [2.45, 2.75) is 30.9 Å². The molecule has 0 saturated carbocycles. The van der Waals surface area contributed by atoms with E-state index in [9.17, 15) is 8.79 Å². The Labute approximate surface area is 175 Å². The summed E-state index contributed by atoms with van der Waals surface area (Å²) in [7, 11) is 0. The van der Waals surface area contributed by atoms with Crippen molar-refractivity contribution in [2.24, 2.45) is 5.18 Å². The van der Waals surface area contributed by atoms with Gasteiger partial charge in [-0.25, -0.2) is 0 Å². The van der Waals surface area contributed by atoms with Gasteiger partial charge < -0.3 is 9.47 Å². The maximum atomic E-state index is 12.7. The summed E-state index contributed by atoms with van der Waals surface area (Å²) in [5.74, 6) is 2.05. The molecule has 0 spiro atoms. The maximum Gasteiger partial charge on any atom is 0.119 e. The van der Waals surface area contributed by atoms with Crippen LogP contribution in [0.2, 0.25) is 0 Å². The van der Waals surface area contributed by atoms with Gasteiger partial charge in [-0.2, -0.15) is 8.79 Å². The van der Waals surface area contributed by atoms with Crippen LogP contribution >= 0.6 is 23.7 Å². The van der Waals surface area contributed by atoms with Crippen LogP contribution in [0, 0.1) is 4.91 Å². The Balaban J connectivity index is 2.01. The summed E-state index contributed by atoms with van der Waals surface area (Å²) in [5.41, 5.74) is 2.09. The quantitative estimate of drug-likeness (QED) is 0.232. The minimum absolute atomic E-state index is 0.0901. The molecule has 2 aromatic rings. The number of hydrogen-bond donors (Lipinski definition) is 0. The maximum absolute atomic E-state index is 12.7. The van der Waals surface area contributed by atoms with Gasteiger partial charge in [0.25, 0.3) is 0 Å². The fourth-order valence-corrected chi connectivity index (χ4v) is 3.07. The molecule has 7 heteroatoms. The molecule has 0 fully saturated rings. The minimum atomic E-state index is -0.584. The highest BCUT2D eigenvalue weighted by molar-refractivity contribution is 7.95. The molecule has 0 radical (unpaired) electrons. The molecule has 1 atom stereocenters. The fraction of sp³-hybridized carbons (Fsp3) is 0.429. The Bertz CT molecular complexity index is 725. The summed E-state index contributed by atoms with van der Waals surface area (Å²) >= 11 is 5.76. The fourth-order valence-electron chi connectivity index (χ4n) is 2.73. The molecule has 0 aliphatic heterocycles. The number of hydrogen-bond acceptors (Lipinski definition) is 5. The highest BCUT2D eigenvalue weighted by atomic mass is 35.5. The summed E-state index contributed by atoms with van der Waals surface area (Å²) in [5, 5.41) is 2.14. The van der Waals surface area contributed by atoms with E-state index in [1.165, 1.54) is 0 Å². The van der Waals surface area contributed by atoms with Crippen LogP contribution in [0.25, 0.3) is 0 Å². The lowest BCUT2D eigenvalue weighted by Gasteiger charge is -2.26. The van der Waals surface area contributed by atoms with Crippen molar-refractivity contribution in [1.29, 1.82) is 0 Å². The number of halogens is 2. The van der Waals surface area contributed by atoms with E-state index in [1.54, 1.807) is 0 Å². The molecule has 0 heterocycles. The molecule has 0 saturated heterocycles. The number of rotatable bonds is 12. The number of ether oxygens (including phenoxy) is 2. The van der Waals surface area contributed by atoms with Crippen LogP contribution in [0.5, 0.6) is 11.5 Å². The van der Waals surface area contributed by atoms with Crippen molar-refractivity contribution in [3.05, 3.63) is 64.6 Å². The molecule has 0 aliphatic rings. The summed E-state index contributed by atoms with van der Waals surface area (Å²) in [6, 6.07) is 15.8. The van der Waals surface area contributed by atoms with E-state index < -0.39 is 5.25 Å². The summed E-state index contributed by atoms with van der Waals surface area (Å²) in [6.45, 7) is 4.90. The normalized spacial score (nSPS) is 12.4. The Morgan fingerprint density at radius 1 is 1.04 bits per heavy atom. The lowest BCUT2D eigenvalue weighted by molar-refractivity contribution is 0.317. The molecule has 0 N–H and O–H groups in total. The third-order valence-corrected chi connectivity index (χ3v) is 5.34. The summed E-state index contributed by atoms with van der Waals surface area (Å²) in [4.78, 5) is 10.3. The topological polar surface area (TPSA) is 47.9 Å². The molecule has 2 rings (SSSR count). The molecule has 0 aliphatic carbocycles. The smallest absolute Gasteiger partial charge is 0.119 e. The monoisotopic (exact) mass is 425 g/mol. The Hall–Kier alpha value is -1.79. The largest absolute Gasteiger partial charge is 0.494 e. The second-order valence-corrected chi connectivity index (χ2v) is 8.12. The number of benzene rings is 2. The lowest BCUT2D eigenvalue weighted by atomic mass is 9.78. The molecule has 0 aromatic heterocycles. The zero-order valence-corrected chi connectivity index (χ0v) is 17.6. The van der Waals surface area contributed by atoms with Gasteiger partial charge in [0.15, 0.2) is 0 Å². The van der Waals surface area contributed by atoms with Crippen molar-refractivity contribution in [2.75, 3.05) is 25.6 Å². The molecule has 28 heavy (non-hydrogen) atoms. The molecule has 2 aromatic carbocycles. The van der Waals surface area contributed by atoms with Gasteiger partial charge in [0.05, 0.1) is 30.5 Å². The van der Waals surface area contributed by atoms with E-state index in [1.807, 2.05) is 36.4 Å². The Morgan fingerprint density at radius 2 is 1.57 bits per heavy atom.